The maximum absolute atomic E-state index is 12.3. The Morgan fingerprint density at radius 1 is 0.860 bits per heavy atom. The van der Waals surface area contributed by atoms with Crippen LogP contribution in [0.1, 0.15) is 51.2 Å². The molecule has 0 fully saturated rings. The highest BCUT2D eigenvalue weighted by atomic mass is 19.4. The van der Waals surface area contributed by atoms with Gasteiger partial charge < -0.3 is 36.8 Å². The van der Waals surface area contributed by atoms with Gasteiger partial charge in [0.05, 0.1) is 25.6 Å². The first-order valence-electron chi connectivity index (χ1n) is 15.2. The number of primary amides is 1. The minimum absolute atomic E-state index is 0.0564. The number of ether oxygens (including phenoxy) is 1. The number of aliphatic hydroxyl groups is 1. The molecule has 12 nitrogen and oxygen atoms in total. The maximum atomic E-state index is 12.3. The van der Waals surface area contributed by atoms with Crippen molar-refractivity contribution in [2.45, 2.75) is 83.6 Å². The van der Waals surface area contributed by atoms with Crippen LogP contribution in [0.3, 0.4) is 0 Å². The summed E-state index contributed by atoms with van der Waals surface area (Å²) in [5.41, 5.74) is 6.39. The van der Waals surface area contributed by atoms with Crippen LogP contribution in [0.5, 0.6) is 5.75 Å². The van der Waals surface area contributed by atoms with Crippen LogP contribution in [-0.2, 0) is 36.8 Å². The van der Waals surface area contributed by atoms with E-state index in [1.807, 2.05) is 47.9 Å². The van der Waals surface area contributed by atoms with Gasteiger partial charge in [0.25, 0.3) is 0 Å². The molecule has 18 heteroatoms. The van der Waals surface area contributed by atoms with E-state index in [0.29, 0.717) is 12.0 Å². The predicted molar refractivity (Wildman–Crippen MR) is 170 cm³/mol. The number of nitrogens with two attached hydrogens (primary N) is 1. The molecule has 0 aliphatic carbocycles. The number of hydrogen-bond donors (Lipinski definition) is 6. The van der Waals surface area contributed by atoms with Gasteiger partial charge in [0.1, 0.15) is 5.75 Å². The highest BCUT2D eigenvalue weighted by molar-refractivity contribution is 5.85. The topological polar surface area (TPSA) is 189 Å². The van der Waals surface area contributed by atoms with Gasteiger partial charge in [-0.25, -0.2) is 0 Å². The summed E-state index contributed by atoms with van der Waals surface area (Å²) in [6, 6.07) is 12.9. The highest BCUT2D eigenvalue weighted by Gasteiger charge is 2.44. The third-order valence-electron chi connectivity index (χ3n) is 5.87. The van der Waals surface area contributed by atoms with Gasteiger partial charge in [-0.3, -0.25) is 24.0 Å². The Kier molecular flexibility index (Phi) is 21.2. The van der Waals surface area contributed by atoms with Crippen molar-refractivity contribution in [1.82, 2.24) is 21.3 Å². The van der Waals surface area contributed by atoms with Crippen LogP contribution in [0.2, 0.25) is 0 Å². The van der Waals surface area contributed by atoms with Gasteiger partial charge in [-0.1, -0.05) is 62.7 Å². The van der Waals surface area contributed by atoms with Crippen molar-refractivity contribution in [1.29, 1.82) is 0 Å². The first-order chi connectivity index (χ1) is 23.3. The van der Waals surface area contributed by atoms with Gasteiger partial charge in [-0.05, 0) is 43.0 Å². The Labute approximate surface area is 285 Å². The minimum atomic E-state index is -4.95. The smallest absolute Gasteiger partial charge is 0.406 e. The SMILES string of the molecule is CC(Cc1ccccc1)NC(=O)CNC(=O)Cc1ccc(OC(F)(F)F)cc1.CCC.NC(=O)CCC(NC(=O)CNC=O)C(O)C(F)(F)F. The van der Waals surface area contributed by atoms with E-state index in [4.69, 9.17) is 10.8 Å². The predicted octanol–water partition coefficient (Wildman–Crippen LogP) is 2.81. The number of alkyl halides is 6. The van der Waals surface area contributed by atoms with E-state index in [1.54, 1.807) is 0 Å². The van der Waals surface area contributed by atoms with Crippen LogP contribution in [-0.4, -0.2) is 79.0 Å². The molecule has 2 aromatic rings. The molecule has 2 rings (SSSR count). The number of nitrogens with one attached hydrogen (secondary N) is 4. The van der Waals surface area contributed by atoms with E-state index in [1.165, 1.54) is 18.6 Å². The molecule has 0 saturated carbocycles. The summed E-state index contributed by atoms with van der Waals surface area (Å²) in [5.74, 6) is -2.87. The lowest BCUT2D eigenvalue weighted by molar-refractivity contribution is -0.274. The van der Waals surface area contributed by atoms with Crippen LogP contribution in [0, 0.1) is 0 Å². The van der Waals surface area contributed by atoms with Gasteiger partial charge in [0.2, 0.25) is 30.0 Å². The molecule has 5 amide bonds. The van der Waals surface area contributed by atoms with E-state index >= 15 is 0 Å². The summed E-state index contributed by atoms with van der Waals surface area (Å²) in [6.45, 7) is 5.41. The fourth-order valence-corrected chi connectivity index (χ4v) is 3.81. The zero-order valence-corrected chi connectivity index (χ0v) is 27.7. The second-order valence-electron chi connectivity index (χ2n) is 10.7. The van der Waals surface area contributed by atoms with Crippen LogP contribution >= 0.6 is 0 Å². The third-order valence-corrected chi connectivity index (χ3v) is 5.87. The van der Waals surface area contributed by atoms with E-state index in [0.717, 1.165) is 17.7 Å². The average Bonchev–Trinajstić information content (AvgIpc) is 3.01. The number of carbonyl (C=O) groups is 5. The highest BCUT2D eigenvalue weighted by Crippen LogP contribution is 2.24. The van der Waals surface area contributed by atoms with E-state index in [9.17, 15) is 50.3 Å². The quantitative estimate of drug-likeness (QED) is 0.113. The summed E-state index contributed by atoms with van der Waals surface area (Å²) in [7, 11) is 0. The molecule has 0 saturated heterocycles. The van der Waals surface area contributed by atoms with E-state index in [-0.39, 0.29) is 37.1 Å². The van der Waals surface area contributed by atoms with Gasteiger partial charge in [-0.2, -0.15) is 13.2 Å². The fraction of sp³-hybridized carbons (Fsp3) is 0.469. The van der Waals surface area contributed by atoms with Crippen molar-refractivity contribution in [3.8, 4) is 5.75 Å². The van der Waals surface area contributed by atoms with E-state index in [2.05, 4.69) is 29.2 Å². The molecule has 0 aliphatic heterocycles. The summed E-state index contributed by atoms with van der Waals surface area (Å²) in [4.78, 5) is 55.4. The Morgan fingerprint density at radius 3 is 1.92 bits per heavy atom. The van der Waals surface area contributed by atoms with Gasteiger partial charge in [-0.15, -0.1) is 13.2 Å². The van der Waals surface area contributed by atoms with E-state index < -0.39 is 61.8 Å². The molecule has 0 spiro atoms. The molecule has 3 unspecified atom stereocenters. The average molecular weight is 724 g/mol. The molecule has 3 atom stereocenters. The molecular weight excluding hydrogens is 680 g/mol. The summed E-state index contributed by atoms with van der Waals surface area (Å²) >= 11 is 0. The lowest BCUT2D eigenvalue weighted by Crippen LogP contribution is -2.51. The molecule has 7 N–H and O–H groups in total. The first-order valence-corrected chi connectivity index (χ1v) is 15.2. The number of carbonyl (C=O) groups excluding carboxylic acids is 5. The lowest BCUT2D eigenvalue weighted by atomic mass is 10.0. The van der Waals surface area contributed by atoms with Gasteiger partial charge >= 0.3 is 12.5 Å². The fourth-order valence-electron chi connectivity index (χ4n) is 3.81. The number of amides is 5. The normalized spacial score (nSPS) is 12.6. The van der Waals surface area contributed by atoms with Crippen molar-refractivity contribution in [3.63, 3.8) is 0 Å². The largest absolute Gasteiger partial charge is 0.573 e. The standard InChI is InChI=1S/C20H21F3N2O3.C9H14F3N3O4.C3H8/c1-14(11-15-5-3-2-4-6-15)25-19(27)13-24-18(26)12-16-7-9-17(10-8-16)28-20(21,22)23;10-9(11,12)8(19)5(1-2-6(13)17)15-7(18)3-14-4-16;1-3-2/h2-10,14H,11-13H2,1H3,(H,24,26)(H,25,27);4-5,8,19H,1-3H2,(H2,13,17)(H,14,16)(H,15,18);3H2,1-2H3. The summed E-state index contributed by atoms with van der Waals surface area (Å²) in [5, 5.41) is 18.2. The molecule has 0 aliphatic rings. The summed E-state index contributed by atoms with van der Waals surface area (Å²) in [6.07, 6.45) is -11.4. The maximum Gasteiger partial charge on any atom is 0.573 e. The lowest BCUT2D eigenvalue weighted by Gasteiger charge is -2.25. The van der Waals surface area contributed by atoms with Gasteiger partial charge in [0, 0.05) is 12.5 Å². The van der Waals surface area contributed by atoms with Crippen molar-refractivity contribution >= 4 is 30.0 Å². The number of hydrogen-bond acceptors (Lipinski definition) is 7. The monoisotopic (exact) mass is 723 g/mol. The van der Waals surface area contributed by atoms with Crippen molar-refractivity contribution in [3.05, 3.63) is 65.7 Å². The first kappa shape index (κ1) is 45.1. The molecule has 0 bridgehead atoms. The summed E-state index contributed by atoms with van der Waals surface area (Å²) < 4.78 is 77.1. The molecule has 0 aromatic heterocycles. The molecule has 2 aromatic carbocycles. The van der Waals surface area contributed by atoms with Crippen LogP contribution < -0.4 is 31.7 Å². The number of halogens is 6. The molecule has 280 valence electrons. The third kappa shape index (κ3) is 22.7. The Balaban J connectivity index is 0.000000951. The molecular formula is C32H43F6N5O7. The number of aliphatic hydroxyl groups excluding tert-OH is 1. The van der Waals surface area contributed by atoms with Crippen LogP contribution in [0.25, 0.3) is 0 Å². The second-order valence-corrected chi connectivity index (χ2v) is 10.7. The van der Waals surface area contributed by atoms with Crippen molar-refractivity contribution in [2.24, 2.45) is 5.73 Å². The van der Waals surface area contributed by atoms with Crippen molar-refractivity contribution in [2.75, 3.05) is 13.1 Å². The zero-order chi connectivity index (χ0) is 38.3. The molecule has 0 radical (unpaired) electrons. The van der Waals surface area contributed by atoms with Gasteiger partial charge in [0.15, 0.2) is 6.10 Å². The van der Waals surface area contributed by atoms with Crippen LogP contribution in [0.4, 0.5) is 26.3 Å². The second kappa shape index (κ2) is 23.5. The van der Waals surface area contributed by atoms with Crippen molar-refractivity contribution < 1.29 is 60.2 Å². The Morgan fingerprint density at radius 2 is 1.42 bits per heavy atom. The van der Waals surface area contributed by atoms with Crippen LogP contribution in [0.15, 0.2) is 54.6 Å². The zero-order valence-electron chi connectivity index (χ0n) is 27.7. The minimum Gasteiger partial charge on any atom is -0.406 e. The Bertz CT molecular complexity index is 1310. The number of rotatable bonds is 16. The Hall–Kier alpha value is -4.87. The number of benzene rings is 2. The molecule has 0 heterocycles. The molecule has 50 heavy (non-hydrogen) atoms.